The maximum absolute atomic E-state index is 13.2. The van der Waals surface area contributed by atoms with Crippen molar-refractivity contribution in [3.63, 3.8) is 0 Å². The second-order valence-electron chi connectivity index (χ2n) is 8.76. The molecule has 2 saturated carbocycles. The lowest BCUT2D eigenvalue weighted by atomic mass is 9.86. The Labute approximate surface area is 162 Å². The van der Waals surface area contributed by atoms with E-state index in [-0.39, 0.29) is 0 Å². The summed E-state index contributed by atoms with van der Waals surface area (Å²) >= 11 is 0. The maximum atomic E-state index is 13.2. The van der Waals surface area contributed by atoms with Crippen LogP contribution in [0, 0.1) is 26.7 Å². The molecule has 0 spiro atoms. The molecule has 2 fully saturated rings. The number of hydrogen-bond donors (Lipinski definition) is 0. The number of fused-ring (bicyclic) bond motifs is 1. The highest BCUT2D eigenvalue weighted by Gasteiger charge is 2.38. The largest absolute Gasteiger partial charge is 0.337 e. The van der Waals surface area contributed by atoms with Crippen LogP contribution in [0.25, 0.3) is 5.65 Å². The number of nitrogens with zero attached hydrogens (tertiary/aromatic N) is 4. The summed E-state index contributed by atoms with van der Waals surface area (Å²) in [5.41, 5.74) is 5.19. The first kappa shape index (κ1) is 18.5. The first-order valence-corrected chi connectivity index (χ1v) is 10.6. The molecule has 27 heavy (non-hydrogen) atoms. The van der Waals surface area contributed by atoms with Gasteiger partial charge in [-0.3, -0.25) is 4.79 Å². The molecule has 0 aromatic carbocycles. The zero-order chi connectivity index (χ0) is 19.1. The Morgan fingerprint density at radius 3 is 2.37 bits per heavy atom. The van der Waals surface area contributed by atoms with Gasteiger partial charge < -0.3 is 4.90 Å². The van der Waals surface area contributed by atoms with Crippen molar-refractivity contribution in [2.75, 3.05) is 0 Å². The maximum Gasteiger partial charge on any atom is 0.223 e. The molecule has 2 heterocycles. The molecule has 0 unspecified atom stereocenters. The van der Waals surface area contributed by atoms with Crippen LogP contribution < -0.4 is 0 Å². The molecule has 5 nitrogen and oxygen atoms in total. The molecule has 5 heteroatoms. The minimum atomic E-state index is 0.340. The normalized spacial score (nSPS) is 23.0. The van der Waals surface area contributed by atoms with E-state index in [0.717, 1.165) is 35.1 Å². The SMILES string of the molecule is Cc1cc2nc(C)c(CCC(=O)N(C3CCC(C)CC3)C3CC3)c(C)n2n1. The fourth-order valence-corrected chi connectivity index (χ4v) is 4.74. The van der Waals surface area contributed by atoms with Gasteiger partial charge in [0.15, 0.2) is 5.65 Å². The number of hydrogen-bond acceptors (Lipinski definition) is 3. The van der Waals surface area contributed by atoms with E-state index in [1.165, 1.54) is 44.1 Å². The lowest BCUT2D eigenvalue weighted by Crippen LogP contribution is -2.43. The van der Waals surface area contributed by atoms with Crippen LogP contribution in [0.5, 0.6) is 0 Å². The van der Waals surface area contributed by atoms with Gasteiger partial charge >= 0.3 is 0 Å². The van der Waals surface area contributed by atoms with E-state index in [0.29, 0.717) is 24.4 Å². The predicted octanol–water partition coefficient (Wildman–Crippen LogP) is 4.16. The van der Waals surface area contributed by atoms with E-state index in [9.17, 15) is 4.79 Å². The highest BCUT2D eigenvalue weighted by molar-refractivity contribution is 5.77. The summed E-state index contributed by atoms with van der Waals surface area (Å²) in [7, 11) is 0. The number of aryl methyl sites for hydroxylation is 3. The third-order valence-electron chi connectivity index (χ3n) is 6.48. The van der Waals surface area contributed by atoms with Gasteiger partial charge in [-0.15, -0.1) is 0 Å². The van der Waals surface area contributed by atoms with Gasteiger partial charge in [0.1, 0.15) is 0 Å². The average Bonchev–Trinajstić information content (AvgIpc) is 3.38. The molecule has 0 bridgehead atoms. The number of aromatic nitrogens is 3. The van der Waals surface area contributed by atoms with Crippen LogP contribution in [0.3, 0.4) is 0 Å². The summed E-state index contributed by atoms with van der Waals surface area (Å²) in [6.45, 7) is 8.47. The Bertz CT molecular complexity index is 844. The summed E-state index contributed by atoms with van der Waals surface area (Å²) in [4.78, 5) is 20.1. The summed E-state index contributed by atoms with van der Waals surface area (Å²) in [5, 5.41) is 4.55. The van der Waals surface area contributed by atoms with Crippen molar-refractivity contribution in [2.45, 2.75) is 91.1 Å². The molecule has 2 aliphatic carbocycles. The van der Waals surface area contributed by atoms with Crippen molar-refractivity contribution in [1.82, 2.24) is 19.5 Å². The third-order valence-corrected chi connectivity index (χ3v) is 6.48. The third kappa shape index (κ3) is 3.74. The Kier molecular flexibility index (Phi) is 4.95. The Morgan fingerprint density at radius 2 is 1.74 bits per heavy atom. The Morgan fingerprint density at radius 1 is 1.11 bits per heavy atom. The van der Waals surface area contributed by atoms with E-state index in [2.05, 4.69) is 30.8 Å². The fourth-order valence-electron chi connectivity index (χ4n) is 4.74. The number of carbonyl (C=O) groups is 1. The van der Waals surface area contributed by atoms with E-state index in [1.807, 2.05) is 17.5 Å². The van der Waals surface area contributed by atoms with Crippen LogP contribution >= 0.6 is 0 Å². The van der Waals surface area contributed by atoms with Crippen LogP contribution in [-0.2, 0) is 11.2 Å². The summed E-state index contributed by atoms with van der Waals surface area (Å²) < 4.78 is 1.92. The van der Waals surface area contributed by atoms with Crippen molar-refractivity contribution in [2.24, 2.45) is 5.92 Å². The molecule has 2 aliphatic rings. The van der Waals surface area contributed by atoms with Crippen molar-refractivity contribution in [1.29, 1.82) is 0 Å². The molecular weight excluding hydrogens is 336 g/mol. The lowest BCUT2D eigenvalue weighted by molar-refractivity contribution is -0.135. The summed E-state index contributed by atoms with van der Waals surface area (Å²) in [5.74, 6) is 1.16. The van der Waals surface area contributed by atoms with Crippen molar-refractivity contribution in [3.05, 3.63) is 28.7 Å². The van der Waals surface area contributed by atoms with E-state index >= 15 is 0 Å². The molecule has 1 amide bonds. The van der Waals surface area contributed by atoms with Gasteiger partial charge in [-0.2, -0.15) is 5.10 Å². The van der Waals surface area contributed by atoms with Gasteiger partial charge in [0.05, 0.1) is 5.69 Å². The highest BCUT2D eigenvalue weighted by Crippen LogP contribution is 2.36. The zero-order valence-electron chi connectivity index (χ0n) is 17.2. The van der Waals surface area contributed by atoms with Crippen molar-refractivity contribution in [3.8, 4) is 0 Å². The van der Waals surface area contributed by atoms with E-state index < -0.39 is 0 Å². The zero-order valence-corrected chi connectivity index (χ0v) is 17.2. The Hall–Kier alpha value is -1.91. The van der Waals surface area contributed by atoms with Gasteiger partial charge in [0, 0.05) is 36.0 Å². The van der Waals surface area contributed by atoms with Crippen LogP contribution in [0.4, 0.5) is 0 Å². The molecule has 2 aromatic heterocycles. The lowest BCUT2D eigenvalue weighted by Gasteiger charge is -2.36. The molecular formula is C22H32N4O. The predicted molar refractivity (Wildman–Crippen MR) is 107 cm³/mol. The highest BCUT2D eigenvalue weighted by atomic mass is 16.2. The van der Waals surface area contributed by atoms with Gasteiger partial charge in [0.2, 0.25) is 5.91 Å². The second-order valence-corrected chi connectivity index (χ2v) is 8.76. The van der Waals surface area contributed by atoms with Gasteiger partial charge in [-0.05, 0) is 77.2 Å². The second kappa shape index (κ2) is 7.25. The monoisotopic (exact) mass is 368 g/mol. The van der Waals surface area contributed by atoms with Crippen LogP contribution in [0.2, 0.25) is 0 Å². The minimum Gasteiger partial charge on any atom is -0.337 e. The average molecular weight is 369 g/mol. The van der Waals surface area contributed by atoms with Gasteiger partial charge in [-0.25, -0.2) is 9.50 Å². The molecule has 146 valence electrons. The van der Waals surface area contributed by atoms with Crippen LogP contribution in [0.15, 0.2) is 6.07 Å². The number of carbonyl (C=O) groups excluding carboxylic acids is 1. The Balaban J connectivity index is 1.49. The van der Waals surface area contributed by atoms with E-state index in [1.54, 1.807) is 0 Å². The van der Waals surface area contributed by atoms with Crippen LogP contribution in [0.1, 0.15) is 74.5 Å². The molecule has 0 aliphatic heterocycles. The molecule has 4 rings (SSSR count). The number of rotatable bonds is 5. The van der Waals surface area contributed by atoms with Gasteiger partial charge in [-0.1, -0.05) is 6.92 Å². The fraction of sp³-hybridized carbons (Fsp3) is 0.682. The molecule has 0 radical (unpaired) electrons. The quantitative estimate of drug-likeness (QED) is 0.796. The van der Waals surface area contributed by atoms with Crippen molar-refractivity contribution < 1.29 is 4.79 Å². The first-order chi connectivity index (χ1) is 12.9. The van der Waals surface area contributed by atoms with Crippen molar-refractivity contribution >= 4 is 11.6 Å². The molecule has 0 saturated heterocycles. The summed E-state index contributed by atoms with van der Waals surface area (Å²) in [6, 6.07) is 2.98. The minimum absolute atomic E-state index is 0.340. The topological polar surface area (TPSA) is 50.5 Å². The number of amides is 1. The smallest absolute Gasteiger partial charge is 0.223 e. The molecule has 2 aromatic rings. The molecule has 0 N–H and O–H groups in total. The summed E-state index contributed by atoms with van der Waals surface area (Å²) in [6.07, 6.45) is 8.61. The van der Waals surface area contributed by atoms with E-state index in [4.69, 9.17) is 4.98 Å². The van der Waals surface area contributed by atoms with Gasteiger partial charge in [0.25, 0.3) is 0 Å². The molecule has 0 atom stereocenters. The standard InChI is InChI=1S/C22H32N4O/c1-14-5-7-18(8-6-14)25(19-9-10-19)22(27)12-11-20-16(3)23-21-13-15(2)24-26(21)17(20)4/h13-14,18-19H,5-12H2,1-4H3. The van der Waals surface area contributed by atoms with Crippen LogP contribution in [-0.4, -0.2) is 37.5 Å². The first-order valence-electron chi connectivity index (χ1n) is 10.6.